The summed E-state index contributed by atoms with van der Waals surface area (Å²) in [7, 11) is 2.09. The van der Waals surface area contributed by atoms with Crippen molar-refractivity contribution in [3.05, 3.63) is 57.5 Å². The summed E-state index contributed by atoms with van der Waals surface area (Å²) in [4.78, 5) is 28.9. The van der Waals surface area contributed by atoms with Crippen molar-refractivity contribution in [2.75, 3.05) is 13.1 Å². The summed E-state index contributed by atoms with van der Waals surface area (Å²) in [5.74, 6) is 0.401. The van der Waals surface area contributed by atoms with Gasteiger partial charge in [-0.3, -0.25) is 9.69 Å². The molecule has 1 saturated carbocycles. The summed E-state index contributed by atoms with van der Waals surface area (Å²) >= 11 is 0. The quantitative estimate of drug-likeness (QED) is 0.569. The molecule has 1 aromatic carbocycles. The van der Waals surface area contributed by atoms with E-state index in [0.29, 0.717) is 18.2 Å². The normalized spacial score (nSPS) is 22.7. The Kier molecular flexibility index (Phi) is 4.75. The first-order chi connectivity index (χ1) is 14.9. The molecule has 0 radical (unpaired) electrons. The number of H-pyrrole nitrogens is 1. The van der Waals surface area contributed by atoms with Gasteiger partial charge >= 0.3 is 5.97 Å². The molecule has 2 aromatic heterocycles. The van der Waals surface area contributed by atoms with Crippen molar-refractivity contribution >= 4 is 16.9 Å². The second-order valence-electron chi connectivity index (χ2n) is 8.93. The van der Waals surface area contributed by atoms with E-state index in [-0.39, 0.29) is 5.56 Å². The van der Waals surface area contributed by atoms with Crippen molar-refractivity contribution in [2.24, 2.45) is 24.6 Å². The number of benzene rings is 1. The number of hydrogen-bond acceptors (Lipinski definition) is 4. The Hall–Kier alpha value is -2.90. The number of aromatic amines is 1. The summed E-state index contributed by atoms with van der Waals surface area (Å²) < 4.78 is 2.23. The maximum Gasteiger partial charge on any atom is 0.341 e. The Labute approximate surface area is 180 Å². The predicted octanol–water partition coefficient (Wildman–Crippen LogP) is 2.57. The lowest BCUT2D eigenvalue weighted by Gasteiger charge is -2.26. The van der Waals surface area contributed by atoms with Crippen LogP contribution in [0.4, 0.5) is 0 Å². The van der Waals surface area contributed by atoms with Gasteiger partial charge in [0.25, 0.3) is 5.56 Å². The van der Waals surface area contributed by atoms with Crippen LogP contribution in [0.3, 0.4) is 0 Å². The summed E-state index contributed by atoms with van der Waals surface area (Å²) in [6.07, 6.45) is 1.96. The highest BCUT2D eigenvalue weighted by Crippen LogP contribution is 2.49. The Balaban J connectivity index is 1.51. The minimum Gasteiger partial charge on any atom is -0.477 e. The molecule has 3 aromatic rings. The molecule has 3 unspecified atom stereocenters. The van der Waals surface area contributed by atoms with E-state index in [0.717, 1.165) is 53.5 Å². The van der Waals surface area contributed by atoms with Crippen molar-refractivity contribution in [2.45, 2.75) is 32.4 Å². The van der Waals surface area contributed by atoms with E-state index >= 15 is 0 Å². The van der Waals surface area contributed by atoms with E-state index < -0.39 is 11.5 Å². The topological polar surface area (TPSA) is 104 Å². The highest BCUT2D eigenvalue weighted by molar-refractivity contribution is 5.89. The van der Waals surface area contributed by atoms with Crippen LogP contribution in [-0.4, -0.2) is 44.7 Å². The van der Waals surface area contributed by atoms with Crippen LogP contribution in [-0.2, 0) is 20.0 Å². The maximum atomic E-state index is 12.3. The molecule has 3 atom stereocenters. The van der Waals surface area contributed by atoms with E-state index in [9.17, 15) is 14.7 Å². The molecule has 5 rings (SSSR count). The number of fused-ring (bicyclic) bond motifs is 2. The minimum absolute atomic E-state index is 0.221. The zero-order valence-electron chi connectivity index (χ0n) is 17.9. The van der Waals surface area contributed by atoms with Crippen LogP contribution in [0, 0.1) is 11.8 Å². The largest absolute Gasteiger partial charge is 0.477 e. The summed E-state index contributed by atoms with van der Waals surface area (Å²) in [5, 5.41) is 10.4. The fraction of sp³-hybridized carbons (Fsp3) is 0.417. The van der Waals surface area contributed by atoms with Crippen molar-refractivity contribution in [1.29, 1.82) is 0 Å². The van der Waals surface area contributed by atoms with Crippen molar-refractivity contribution in [3.8, 4) is 11.3 Å². The lowest BCUT2D eigenvalue weighted by atomic mass is 10.0. The molecule has 2 fully saturated rings. The predicted molar refractivity (Wildman–Crippen MR) is 120 cm³/mol. The second-order valence-corrected chi connectivity index (χ2v) is 8.93. The molecule has 7 heteroatoms. The number of hydrogen-bond donors (Lipinski definition) is 3. The Morgan fingerprint density at radius 2 is 2.10 bits per heavy atom. The van der Waals surface area contributed by atoms with Crippen LogP contribution >= 0.6 is 0 Å². The SMILES string of the molecule is CCc1cc(C(=O)O)c(=O)[nH]c1-c1ccc2c(c1)cc(CN1CC3CC3C1CN)n2C. The van der Waals surface area contributed by atoms with Gasteiger partial charge in [0, 0.05) is 49.3 Å². The molecule has 0 bridgehead atoms. The molecular formula is C24H28N4O3. The van der Waals surface area contributed by atoms with Crippen LogP contribution in [0.2, 0.25) is 0 Å². The smallest absolute Gasteiger partial charge is 0.341 e. The number of carboxylic acid groups (broad SMARTS) is 1. The van der Waals surface area contributed by atoms with Crippen molar-refractivity contribution < 1.29 is 9.90 Å². The molecule has 4 N–H and O–H groups in total. The Morgan fingerprint density at radius 3 is 2.81 bits per heavy atom. The van der Waals surface area contributed by atoms with Crippen LogP contribution in [0.15, 0.2) is 35.1 Å². The maximum absolute atomic E-state index is 12.3. The zero-order valence-corrected chi connectivity index (χ0v) is 17.9. The summed E-state index contributed by atoms with van der Waals surface area (Å²) in [5.41, 5.74) is 10.0. The Bertz CT molecular complexity index is 1240. The first-order valence-corrected chi connectivity index (χ1v) is 10.9. The fourth-order valence-corrected chi connectivity index (χ4v) is 5.36. The summed E-state index contributed by atoms with van der Waals surface area (Å²) in [6.45, 7) is 4.70. The van der Waals surface area contributed by atoms with Gasteiger partial charge in [-0.25, -0.2) is 4.79 Å². The van der Waals surface area contributed by atoms with Crippen molar-refractivity contribution in [3.63, 3.8) is 0 Å². The molecule has 31 heavy (non-hydrogen) atoms. The zero-order chi connectivity index (χ0) is 21.9. The fourth-order valence-electron chi connectivity index (χ4n) is 5.36. The lowest BCUT2D eigenvalue weighted by Crippen LogP contribution is -2.38. The van der Waals surface area contributed by atoms with E-state index in [1.54, 1.807) is 0 Å². The number of carbonyl (C=O) groups is 1. The number of nitrogens with zero attached hydrogens (tertiary/aromatic N) is 2. The first-order valence-electron chi connectivity index (χ1n) is 10.9. The minimum atomic E-state index is -1.21. The highest BCUT2D eigenvalue weighted by Gasteiger charge is 2.51. The average Bonchev–Trinajstić information content (AvgIpc) is 3.32. The molecule has 2 aliphatic rings. The van der Waals surface area contributed by atoms with E-state index in [1.165, 1.54) is 18.2 Å². The highest BCUT2D eigenvalue weighted by atomic mass is 16.4. The van der Waals surface area contributed by atoms with Gasteiger partial charge in [0.15, 0.2) is 0 Å². The van der Waals surface area contributed by atoms with Crippen molar-refractivity contribution in [1.82, 2.24) is 14.5 Å². The summed E-state index contributed by atoms with van der Waals surface area (Å²) in [6, 6.07) is 10.3. The number of aromatic carboxylic acids is 1. The van der Waals surface area contributed by atoms with E-state index in [2.05, 4.69) is 39.7 Å². The van der Waals surface area contributed by atoms with Gasteiger partial charge in [-0.2, -0.15) is 0 Å². The monoisotopic (exact) mass is 420 g/mol. The molecule has 1 aliphatic heterocycles. The van der Waals surface area contributed by atoms with Gasteiger partial charge in [-0.15, -0.1) is 0 Å². The Morgan fingerprint density at radius 1 is 1.29 bits per heavy atom. The van der Waals surface area contributed by atoms with Crippen LogP contribution in [0.5, 0.6) is 0 Å². The number of aromatic nitrogens is 2. The van der Waals surface area contributed by atoms with Gasteiger partial charge in [-0.1, -0.05) is 13.0 Å². The van der Waals surface area contributed by atoms with Gasteiger partial charge in [0.1, 0.15) is 5.56 Å². The van der Waals surface area contributed by atoms with E-state index in [4.69, 9.17) is 5.73 Å². The number of piperidine rings is 1. The first kappa shape index (κ1) is 20.0. The van der Waals surface area contributed by atoms with Gasteiger partial charge < -0.3 is 20.4 Å². The van der Waals surface area contributed by atoms with Gasteiger partial charge in [0.05, 0.1) is 5.69 Å². The standard InChI is InChI=1S/C24H28N4O3/c1-3-13-8-19(24(30)31)23(29)26-22(13)14-4-5-20-15(6-14)7-17(27(20)2)12-28-11-16-9-18(16)21(28)10-25/h4-8,16,18,21H,3,9-12,25H2,1-2H3,(H,26,29)(H,30,31). The lowest BCUT2D eigenvalue weighted by molar-refractivity contribution is 0.0695. The van der Waals surface area contributed by atoms with Crippen LogP contribution < -0.4 is 11.3 Å². The number of rotatable bonds is 6. The number of carboxylic acids is 1. The molecule has 1 saturated heterocycles. The number of pyridine rings is 1. The van der Waals surface area contributed by atoms with Gasteiger partial charge in [0.2, 0.25) is 0 Å². The number of likely N-dealkylation sites (tertiary alicyclic amines) is 1. The molecule has 0 spiro atoms. The molecule has 3 heterocycles. The number of nitrogens with one attached hydrogen (secondary N) is 1. The van der Waals surface area contributed by atoms with Gasteiger partial charge in [-0.05, 0) is 60.1 Å². The van der Waals surface area contributed by atoms with Crippen LogP contribution in [0.25, 0.3) is 22.2 Å². The molecule has 1 aliphatic carbocycles. The van der Waals surface area contributed by atoms with Crippen LogP contribution in [0.1, 0.15) is 35.0 Å². The van der Waals surface area contributed by atoms with E-state index in [1.807, 2.05) is 13.0 Å². The number of aryl methyl sites for hydroxylation is 2. The molecule has 0 amide bonds. The second kappa shape index (κ2) is 7.35. The number of nitrogens with two attached hydrogens (primary N) is 1. The molecular weight excluding hydrogens is 392 g/mol. The third kappa shape index (κ3) is 3.28. The third-order valence-corrected chi connectivity index (χ3v) is 7.18. The molecule has 7 nitrogen and oxygen atoms in total. The molecule has 162 valence electrons. The average molecular weight is 421 g/mol. The third-order valence-electron chi connectivity index (χ3n) is 7.18.